The van der Waals surface area contributed by atoms with Crippen LogP contribution in [0.2, 0.25) is 0 Å². The highest BCUT2D eigenvalue weighted by molar-refractivity contribution is 5.88. The summed E-state index contributed by atoms with van der Waals surface area (Å²) in [5.74, 6) is 0.643. The van der Waals surface area contributed by atoms with Crippen LogP contribution in [-0.4, -0.2) is 49.6 Å². The molecule has 2 aromatic carbocycles. The largest absolute Gasteiger partial charge is 0.497 e. The minimum absolute atomic E-state index is 0.0929. The molecular formula is C26H32N2O4. The van der Waals surface area contributed by atoms with Crippen molar-refractivity contribution in [1.29, 1.82) is 0 Å². The van der Waals surface area contributed by atoms with E-state index in [-0.39, 0.29) is 29.8 Å². The number of amides is 1. The first-order valence-corrected chi connectivity index (χ1v) is 11.4. The molecule has 2 heterocycles. The molecule has 2 saturated heterocycles. The van der Waals surface area contributed by atoms with Gasteiger partial charge >= 0.3 is 5.97 Å². The van der Waals surface area contributed by atoms with Gasteiger partial charge in [-0.05, 0) is 61.7 Å². The Morgan fingerprint density at radius 2 is 1.78 bits per heavy atom. The number of rotatable bonds is 7. The Kier molecular flexibility index (Phi) is 6.80. The zero-order valence-corrected chi connectivity index (χ0v) is 19.0. The maximum absolute atomic E-state index is 13.3. The van der Waals surface area contributed by atoms with Crippen molar-refractivity contribution in [3.8, 4) is 5.75 Å². The minimum atomic E-state index is -0.158. The van der Waals surface area contributed by atoms with Gasteiger partial charge in [0.25, 0.3) is 0 Å². The second-order valence-electron chi connectivity index (χ2n) is 8.90. The average Bonchev–Trinajstić information content (AvgIpc) is 3.02. The number of carbonyl (C=O) groups is 2. The zero-order valence-electron chi connectivity index (χ0n) is 19.0. The van der Waals surface area contributed by atoms with Gasteiger partial charge in [-0.1, -0.05) is 24.3 Å². The SMILES string of the molecule is COc1ccc([C@H]2C[C@@H]3CC[C@H]([C@H]2C(=O)OCCc2ccc(NC(C)=O)cc2)N3C)cc1. The molecule has 1 N–H and O–H groups in total. The Morgan fingerprint density at radius 3 is 2.44 bits per heavy atom. The molecular weight excluding hydrogens is 404 g/mol. The maximum Gasteiger partial charge on any atom is 0.311 e. The first kappa shape index (κ1) is 22.3. The first-order valence-electron chi connectivity index (χ1n) is 11.4. The van der Waals surface area contributed by atoms with Crippen molar-refractivity contribution in [2.24, 2.45) is 5.92 Å². The summed E-state index contributed by atoms with van der Waals surface area (Å²) in [7, 11) is 3.81. The van der Waals surface area contributed by atoms with Gasteiger partial charge in [0.05, 0.1) is 19.6 Å². The number of piperidine rings is 1. The van der Waals surface area contributed by atoms with Gasteiger partial charge in [0.2, 0.25) is 5.91 Å². The summed E-state index contributed by atoms with van der Waals surface area (Å²) in [4.78, 5) is 26.8. The fourth-order valence-electron chi connectivity index (χ4n) is 5.31. The van der Waals surface area contributed by atoms with E-state index in [2.05, 4.69) is 29.4 Å². The smallest absolute Gasteiger partial charge is 0.311 e. The van der Waals surface area contributed by atoms with Crippen LogP contribution in [0.5, 0.6) is 5.75 Å². The second kappa shape index (κ2) is 9.74. The highest BCUT2D eigenvalue weighted by atomic mass is 16.5. The highest BCUT2D eigenvalue weighted by Gasteiger charge is 2.49. The molecule has 0 radical (unpaired) electrons. The molecule has 2 aliphatic heterocycles. The Balaban J connectivity index is 1.41. The number of fused-ring (bicyclic) bond motifs is 2. The van der Waals surface area contributed by atoms with Crippen LogP contribution in [0.1, 0.15) is 43.2 Å². The molecule has 4 rings (SSSR count). The third-order valence-corrected chi connectivity index (χ3v) is 6.99. The normalized spacial score (nSPS) is 24.7. The van der Waals surface area contributed by atoms with E-state index in [0.29, 0.717) is 19.1 Å². The van der Waals surface area contributed by atoms with Crippen LogP contribution in [0.3, 0.4) is 0 Å². The Labute approximate surface area is 189 Å². The van der Waals surface area contributed by atoms with Crippen molar-refractivity contribution < 1.29 is 19.1 Å². The van der Waals surface area contributed by atoms with Crippen molar-refractivity contribution in [3.63, 3.8) is 0 Å². The number of nitrogens with zero attached hydrogens (tertiary/aromatic N) is 1. The summed E-state index contributed by atoms with van der Waals surface area (Å²) in [5, 5.41) is 2.76. The van der Waals surface area contributed by atoms with E-state index in [0.717, 1.165) is 36.3 Å². The van der Waals surface area contributed by atoms with Gasteiger partial charge in [0.1, 0.15) is 5.75 Å². The maximum atomic E-state index is 13.3. The number of carbonyl (C=O) groups excluding carboxylic acids is 2. The fourth-order valence-corrected chi connectivity index (χ4v) is 5.31. The molecule has 0 saturated carbocycles. The second-order valence-corrected chi connectivity index (χ2v) is 8.90. The van der Waals surface area contributed by atoms with Gasteiger partial charge in [-0.2, -0.15) is 0 Å². The molecule has 2 aliphatic rings. The number of esters is 1. The predicted octanol–water partition coefficient (Wildman–Crippen LogP) is 4.01. The molecule has 0 aliphatic carbocycles. The van der Waals surface area contributed by atoms with E-state index in [1.54, 1.807) is 7.11 Å². The molecule has 2 fully saturated rings. The molecule has 6 nitrogen and oxygen atoms in total. The molecule has 0 spiro atoms. The lowest BCUT2D eigenvalue weighted by Crippen LogP contribution is -2.49. The summed E-state index contributed by atoms with van der Waals surface area (Å²) in [6, 6.07) is 16.5. The van der Waals surface area contributed by atoms with Gasteiger partial charge in [0, 0.05) is 37.0 Å². The number of anilines is 1. The molecule has 1 amide bonds. The Hall–Kier alpha value is -2.86. The number of benzene rings is 2. The molecule has 2 bridgehead atoms. The van der Waals surface area contributed by atoms with Crippen LogP contribution < -0.4 is 10.1 Å². The molecule has 4 atom stereocenters. The topological polar surface area (TPSA) is 67.9 Å². The van der Waals surface area contributed by atoms with Crippen LogP contribution >= 0.6 is 0 Å². The summed E-state index contributed by atoms with van der Waals surface area (Å²) in [6.07, 6.45) is 3.80. The summed E-state index contributed by atoms with van der Waals surface area (Å²) in [5.41, 5.74) is 3.02. The van der Waals surface area contributed by atoms with Crippen molar-refractivity contribution in [3.05, 3.63) is 59.7 Å². The van der Waals surface area contributed by atoms with Gasteiger partial charge in [-0.3, -0.25) is 14.5 Å². The van der Waals surface area contributed by atoms with Gasteiger partial charge in [0.15, 0.2) is 0 Å². The number of nitrogens with one attached hydrogen (secondary N) is 1. The molecule has 32 heavy (non-hydrogen) atoms. The third kappa shape index (κ3) is 4.80. The average molecular weight is 437 g/mol. The van der Waals surface area contributed by atoms with Crippen LogP contribution in [-0.2, 0) is 20.7 Å². The lowest BCUT2D eigenvalue weighted by Gasteiger charge is -2.42. The summed E-state index contributed by atoms with van der Waals surface area (Å²) in [6.45, 7) is 1.84. The van der Waals surface area contributed by atoms with E-state index in [9.17, 15) is 9.59 Å². The van der Waals surface area contributed by atoms with Crippen LogP contribution in [0.15, 0.2) is 48.5 Å². The van der Waals surface area contributed by atoms with Crippen molar-refractivity contribution in [2.45, 2.75) is 50.6 Å². The lowest BCUT2D eigenvalue weighted by molar-refractivity contribution is -0.153. The van der Waals surface area contributed by atoms with E-state index in [4.69, 9.17) is 9.47 Å². The highest BCUT2D eigenvalue weighted by Crippen LogP contribution is 2.46. The minimum Gasteiger partial charge on any atom is -0.497 e. The Morgan fingerprint density at radius 1 is 1.06 bits per heavy atom. The molecule has 0 aromatic heterocycles. The van der Waals surface area contributed by atoms with Crippen LogP contribution in [0.4, 0.5) is 5.69 Å². The fraction of sp³-hybridized carbons (Fsp3) is 0.462. The predicted molar refractivity (Wildman–Crippen MR) is 124 cm³/mol. The molecule has 0 unspecified atom stereocenters. The van der Waals surface area contributed by atoms with Crippen LogP contribution in [0, 0.1) is 5.92 Å². The van der Waals surface area contributed by atoms with E-state index in [1.807, 2.05) is 36.4 Å². The first-order chi connectivity index (χ1) is 15.5. The number of methoxy groups -OCH3 is 1. The van der Waals surface area contributed by atoms with E-state index < -0.39 is 0 Å². The summed E-state index contributed by atoms with van der Waals surface area (Å²) < 4.78 is 11.1. The van der Waals surface area contributed by atoms with E-state index in [1.165, 1.54) is 12.5 Å². The number of hydrogen-bond donors (Lipinski definition) is 1. The number of ether oxygens (including phenoxy) is 2. The van der Waals surface area contributed by atoms with Crippen molar-refractivity contribution >= 4 is 17.6 Å². The third-order valence-electron chi connectivity index (χ3n) is 6.99. The van der Waals surface area contributed by atoms with Gasteiger partial charge in [-0.25, -0.2) is 0 Å². The standard InChI is InChI=1S/C26H32N2O4/c1-17(29)27-20-8-4-18(5-9-20)14-15-32-26(30)25-23(16-21-10-13-24(25)28(21)2)19-6-11-22(31-3)12-7-19/h4-9,11-12,21,23-25H,10,13-16H2,1-3H3,(H,27,29)/t21-,23+,24+,25-/m0/s1. The van der Waals surface area contributed by atoms with Crippen molar-refractivity contribution in [1.82, 2.24) is 4.90 Å². The van der Waals surface area contributed by atoms with Gasteiger partial charge < -0.3 is 14.8 Å². The number of hydrogen-bond acceptors (Lipinski definition) is 5. The monoisotopic (exact) mass is 436 g/mol. The van der Waals surface area contributed by atoms with Crippen molar-refractivity contribution in [2.75, 3.05) is 26.1 Å². The quantitative estimate of drug-likeness (QED) is 0.665. The molecule has 6 heteroatoms. The Bertz CT molecular complexity index is 941. The zero-order chi connectivity index (χ0) is 22.7. The molecule has 170 valence electrons. The summed E-state index contributed by atoms with van der Waals surface area (Å²) >= 11 is 0. The van der Waals surface area contributed by atoms with Crippen LogP contribution in [0.25, 0.3) is 0 Å². The lowest BCUT2D eigenvalue weighted by atomic mass is 9.76. The van der Waals surface area contributed by atoms with E-state index >= 15 is 0 Å². The molecule has 2 aromatic rings. The van der Waals surface area contributed by atoms with Gasteiger partial charge in [-0.15, -0.1) is 0 Å².